The molecule has 0 unspecified atom stereocenters. The molecule has 0 saturated heterocycles. The van der Waals surface area contributed by atoms with Crippen molar-refractivity contribution in [3.63, 3.8) is 0 Å². The predicted molar refractivity (Wildman–Crippen MR) is 50.3 cm³/mol. The van der Waals surface area contributed by atoms with Gasteiger partial charge in [-0.1, -0.05) is 0 Å². The van der Waals surface area contributed by atoms with Crippen LogP contribution in [0.3, 0.4) is 0 Å². The van der Waals surface area contributed by atoms with Crippen LogP contribution in [0.25, 0.3) is 0 Å². The summed E-state index contributed by atoms with van der Waals surface area (Å²) in [7, 11) is -5.15. The maximum absolute atomic E-state index is 11.9. The third kappa shape index (κ3) is 2.15. The summed E-state index contributed by atoms with van der Waals surface area (Å²) in [6.07, 6.45) is 0. The van der Waals surface area contributed by atoms with Gasteiger partial charge in [-0.3, -0.25) is 0 Å². The molecule has 8 heteroatoms. The van der Waals surface area contributed by atoms with Crippen molar-refractivity contribution in [2.75, 3.05) is 0 Å². The van der Waals surface area contributed by atoms with Gasteiger partial charge in [-0.25, -0.2) is 8.42 Å². The quantitative estimate of drug-likeness (QED) is 0.736. The van der Waals surface area contributed by atoms with Gasteiger partial charge >= 0.3 is 5.51 Å². The third-order valence-corrected chi connectivity index (χ3v) is 4.56. The fourth-order valence-electron chi connectivity index (χ4n) is 0.569. The lowest BCUT2D eigenvalue weighted by Gasteiger charge is -2.04. The van der Waals surface area contributed by atoms with Crippen LogP contribution in [0, 0.1) is 2.88 Å². The van der Waals surface area contributed by atoms with Gasteiger partial charge in [-0.15, -0.1) is 11.3 Å². The number of hydrogen-bond donors (Lipinski definition) is 0. The average Bonchev–Trinajstić information content (AvgIpc) is 2.33. The van der Waals surface area contributed by atoms with E-state index in [4.69, 9.17) is 0 Å². The van der Waals surface area contributed by atoms with Gasteiger partial charge in [0.2, 0.25) is 0 Å². The second kappa shape index (κ2) is 3.39. The van der Waals surface area contributed by atoms with Crippen molar-refractivity contribution in [3.05, 3.63) is 14.3 Å². The maximum atomic E-state index is 11.9. The van der Waals surface area contributed by atoms with Gasteiger partial charge in [-0.2, -0.15) is 13.2 Å². The van der Waals surface area contributed by atoms with Crippen LogP contribution in [0.15, 0.2) is 16.3 Å². The molecule has 0 amide bonds. The smallest absolute Gasteiger partial charge is 0.214 e. The minimum atomic E-state index is -5.21. The Kier molecular flexibility index (Phi) is 2.93. The van der Waals surface area contributed by atoms with Crippen LogP contribution in [-0.2, 0) is 9.84 Å². The molecule has 0 aromatic carbocycles. The fraction of sp³-hybridized carbons (Fsp3) is 0.200. The largest absolute Gasteiger partial charge is 0.501 e. The van der Waals surface area contributed by atoms with Crippen molar-refractivity contribution >= 4 is 43.8 Å². The predicted octanol–water partition coefficient (Wildman–Crippen LogP) is 2.65. The van der Waals surface area contributed by atoms with Crippen molar-refractivity contribution in [1.82, 2.24) is 0 Å². The van der Waals surface area contributed by atoms with Gasteiger partial charge in [0.25, 0.3) is 9.84 Å². The van der Waals surface area contributed by atoms with Gasteiger partial charge in [0, 0.05) is 5.38 Å². The standard InChI is InChI=1S/C5H2F3IO2S2/c6-5(7,8)13(10,11)3-1-4(9)12-2-3/h1-2H. The number of thiophene rings is 1. The van der Waals surface area contributed by atoms with E-state index >= 15 is 0 Å². The molecule has 2 nitrogen and oxygen atoms in total. The molecule has 0 spiro atoms. The topological polar surface area (TPSA) is 34.1 Å². The number of hydrogen-bond acceptors (Lipinski definition) is 3. The lowest BCUT2D eigenvalue weighted by molar-refractivity contribution is -0.0435. The first-order chi connectivity index (χ1) is 5.75. The molecule has 13 heavy (non-hydrogen) atoms. The van der Waals surface area contributed by atoms with E-state index in [1.54, 1.807) is 22.6 Å². The first-order valence-electron chi connectivity index (χ1n) is 2.80. The van der Waals surface area contributed by atoms with E-state index in [2.05, 4.69) is 0 Å². The summed E-state index contributed by atoms with van der Waals surface area (Å²) in [6, 6.07) is 0.994. The molecule has 0 saturated carbocycles. The molecule has 0 aliphatic rings. The Balaban J connectivity index is 3.24. The molecule has 1 rings (SSSR count). The van der Waals surface area contributed by atoms with E-state index in [1.165, 1.54) is 0 Å². The van der Waals surface area contributed by atoms with E-state index in [1.807, 2.05) is 0 Å². The number of sulfone groups is 1. The van der Waals surface area contributed by atoms with Crippen LogP contribution in [-0.4, -0.2) is 13.9 Å². The highest BCUT2D eigenvalue weighted by Gasteiger charge is 2.47. The van der Waals surface area contributed by atoms with Crippen molar-refractivity contribution in [1.29, 1.82) is 0 Å². The Labute approximate surface area is 89.8 Å². The highest BCUT2D eigenvalue weighted by atomic mass is 127. The molecule has 0 aliphatic heterocycles. The molecular formula is C5H2F3IO2S2. The van der Waals surface area contributed by atoms with Crippen molar-refractivity contribution in [2.45, 2.75) is 10.4 Å². The molecule has 74 valence electrons. The monoisotopic (exact) mass is 342 g/mol. The normalized spacial score (nSPS) is 13.2. The Morgan fingerprint density at radius 2 is 1.92 bits per heavy atom. The van der Waals surface area contributed by atoms with Crippen LogP contribution < -0.4 is 0 Å². The summed E-state index contributed by atoms with van der Waals surface area (Å²) >= 11 is 2.71. The molecule has 1 heterocycles. The van der Waals surface area contributed by atoms with Gasteiger partial charge < -0.3 is 0 Å². The highest BCUT2D eigenvalue weighted by Crippen LogP contribution is 2.32. The molecule has 1 aromatic rings. The molecule has 0 fully saturated rings. The average molecular weight is 342 g/mol. The van der Waals surface area contributed by atoms with E-state index in [9.17, 15) is 21.6 Å². The van der Waals surface area contributed by atoms with Crippen LogP contribution in [0.2, 0.25) is 0 Å². The van der Waals surface area contributed by atoms with E-state index < -0.39 is 20.2 Å². The summed E-state index contributed by atoms with van der Waals surface area (Å²) in [5.74, 6) is 0. The summed E-state index contributed by atoms with van der Waals surface area (Å²) in [6.45, 7) is 0. The highest BCUT2D eigenvalue weighted by molar-refractivity contribution is 14.1. The summed E-state index contributed by atoms with van der Waals surface area (Å²) in [4.78, 5) is -0.686. The second-order valence-corrected chi connectivity index (χ2v) is 6.78. The molecule has 0 aliphatic carbocycles. The Morgan fingerprint density at radius 1 is 1.38 bits per heavy atom. The molecule has 0 radical (unpaired) electrons. The zero-order valence-corrected chi connectivity index (χ0v) is 9.59. The van der Waals surface area contributed by atoms with Crippen molar-refractivity contribution < 1.29 is 21.6 Å². The minimum absolute atomic E-state index is 0.500. The Morgan fingerprint density at radius 3 is 2.23 bits per heavy atom. The van der Waals surface area contributed by atoms with E-state index in [0.717, 1.165) is 22.8 Å². The first kappa shape index (κ1) is 11.2. The van der Waals surface area contributed by atoms with Crippen molar-refractivity contribution in [3.8, 4) is 0 Å². The molecule has 0 N–H and O–H groups in total. The van der Waals surface area contributed by atoms with Crippen molar-refractivity contribution in [2.24, 2.45) is 0 Å². The first-order valence-corrected chi connectivity index (χ1v) is 6.24. The minimum Gasteiger partial charge on any atom is -0.214 e. The summed E-state index contributed by atoms with van der Waals surface area (Å²) in [5, 5.41) is 0.977. The summed E-state index contributed by atoms with van der Waals surface area (Å²) < 4.78 is 57.8. The van der Waals surface area contributed by atoms with E-state index in [0.29, 0.717) is 2.88 Å². The number of halogens is 4. The van der Waals surface area contributed by atoms with Gasteiger partial charge in [-0.05, 0) is 28.7 Å². The van der Waals surface area contributed by atoms with Crippen LogP contribution in [0.4, 0.5) is 13.2 Å². The number of rotatable bonds is 1. The lowest BCUT2D eigenvalue weighted by Crippen LogP contribution is -2.22. The SMILES string of the molecule is O=S(=O)(c1csc(I)c1)C(F)(F)F. The van der Waals surface area contributed by atoms with E-state index in [-0.39, 0.29) is 0 Å². The lowest BCUT2D eigenvalue weighted by atomic mass is 10.7. The van der Waals surface area contributed by atoms with Gasteiger partial charge in [0.05, 0.1) is 7.78 Å². The molecule has 0 bridgehead atoms. The van der Waals surface area contributed by atoms with Crippen LogP contribution in [0.1, 0.15) is 0 Å². The Bertz CT molecular complexity index is 406. The third-order valence-electron chi connectivity index (χ3n) is 1.16. The zero-order chi connectivity index (χ0) is 10.3. The molecule has 1 aromatic heterocycles. The van der Waals surface area contributed by atoms with Gasteiger partial charge in [0.15, 0.2) is 0 Å². The second-order valence-electron chi connectivity index (χ2n) is 2.04. The summed E-state index contributed by atoms with van der Waals surface area (Å²) in [5.41, 5.74) is -5.21. The molecule has 0 atom stereocenters. The fourth-order valence-corrected chi connectivity index (χ4v) is 3.25. The van der Waals surface area contributed by atoms with Crippen LogP contribution >= 0.6 is 33.9 Å². The Hall–Kier alpha value is 0.170. The van der Waals surface area contributed by atoms with Crippen LogP contribution in [0.5, 0.6) is 0 Å². The zero-order valence-electron chi connectivity index (χ0n) is 5.80. The number of alkyl halides is 3. The molecular weight excluding hydrogens is 340 g/mol. The van der Waals surface area contributed by atoms with Gasteiger partial charge in [0.1, 0.15) is 0 Å². The maximum Gasteiger partial charge on any atom is 0.501 e.